The fraction of sp³-hybridized carbons (Fsp3) is 0.385. The number of hydrogen-bond acceptors (Lipinski definition) is 3. The Morgan fingerprint density at radius 3 is 3.18 bits per heavy atom. The predicted molar refractivity (Wildman–Crippen MR) is 64.8 cm³/mol. The van der Waals surface area contributed by atoms with E-state index in [4.69, 9.17) is 4.74 Å². The largest absolute Gasteiger partial charge is 0.466 e. The molecule has 0 N–H and O–H groups in total. The number of aromatic nitrogens is 2. The predicted octanol–water partition coefficient (Wildman–Crippen LogP) is 2.22. The molecule has 0 unspecified atom stereocenters. The number of carbonyl (C=O) groups excluding carboxylic acids is 1. The van der Waals surface area contributed by atoms with Crippen LogP contribution in [0.15, 0.2) is 30.6 Å². The van der Waals surface area contributed by atoms with Gasteiger partial charge in [0.15, 0.2) is 0 Å². The molecule has 4 heteroatoms. The van der Waals surface area contributed by atoms with Crippen LogP contribution >= 0.6 is 0 Å². The Kier molecular flexibility index (Phi) is 3.75. The van der Waals surface area contributed by atoms with Crippen molar-refractivity contribution in [2.24, 2.45) is 0 Å². The first-order valence-electron chi connectivity index (χ1n) is 5.88. The molecule has 0 aliphatic rings. The molecule has 90 valence electrons. The van der Waals surface area contributed by atoms with Crippen molar-refractivity contribution in [3.63, 3.8) is 0 Å². The van der Waals surface area contributed by atoms with E-state index in [1.54, 1.807) is 0 Å². The number of hydrogen-bond donors (Lipinski definition) is 0. The van der Waals surface area contributed by atoms with Crippen LogP contribution in [0, 0.1) is 0 Å². The molecule has 0 aromatic carbocycles. The summed E-state index contributed by atoms with van der Waals surface area (Å²) in [6, 6.07) is 5.98. The van der Waals surface area contributed by atoms with E-state index in [0.29, 0.717) is 13.0 Å². The molecule has 0 atom stereocenters. The van der Waals surface area contributed by atoms with Gasteiger partial charge in [-0.1, -0.05) is 6.07 Å². The molecular formula is C13H16N2O2. The molecule has 17 heavy (non-hydrogen) atoms. The van der Waals surface area contributed by atoms with Gasteiger partial charge in [0, 0.05) is 19.0 Å². The fourth-order valence-corrected chi connectivity index (χ4v) is 1.81. The van der Waals surface area contributed by atoms with Crippen molar-refractivity contribution in [3.05, 3.63) is 36.4 Å². The van der Waals surface area contributed by atoms with E-state index in [1.807, 2.05) is 41.9 Å². The molecule has 0 spiro atoms. The van der Waals surface area contributed by atoms with Crippen LogP contribution in [-0.4, -0.2) is 22.0 Å². The number of nitrogens with zero attached hydrogens (tertiary/aromatic N) is 2. The molecule has 0 amide bonds. The second kappa shape index (κ2) is 5.48. The topological polar surface area (TPSA) is 43.6 Å². The van der Waals surface area contributed by atoms with Gasteiger partial charge in [0.1, 0.15) is 5.82 Å². The summed E-state index contributed by atoms with van der Waals surface area (Å²) in [6.07, 6.45) is 5.85. The molecule has 2 aromatic rings. The molecule has 2 heterocycles. The van der Waals surface area contributed by atoms with Crippen molar-refractivity contribution >= 4 is 11.5 Å². The van der Waals surface area contributed by atoms with Crippen LogP contribution < -0.4 is 0 Å². The average molecular weight is 232 g/mol. The lowest BCUT2D eigenvalue weighted by Crippen LogP contribution is -2.05. The van der Waals surface area contributed by atoms with E-state index >= 15 is 0 Å². The third kappa shape index (κ3) is 2.84. The number of carbonyl (C=O) groups is 1. The van der Waals surface area contributed by atoms with E-state index < -0.39 is 0 Å². The molecule has 0 radical (unpaired) electrons. The maximum Gasteiger partial charge on any atom is 0.305 e. The number of fused-ring (bicyclic) bond motifs is 1. The highest BCUT2D eigenvalue weighted by Crippen LogP contribution is 2.09. The van der Waals surface area contributed by atoms with Gasteiger partial charge in [-0.05, 0) is 25.5 Å². The monoisotopic (exact) mass is 232 g/mol. The van der Waals surface area contributed by atoms with Crippen LogP contribution in [0.4, 0.5) is 0 Å². The Balaban J connectivity index is 1.93. The summed E-state index contributed by atoms with van der Waals surface area (Å²) in [5.41, 5.74) is 1.08. The number of ether oxygens (including phenoxy) is 1. The van der Waals surface area contributed by atoms with Crippen molar-refractivity contribution in [1.29, 1.82) is 0 Å². The fourth-order valence-electron chi connectivity index (χ4n) is 1.81. The van der Waals surface area contributed by atoms with Gasteiger partial charge >= 0.3 is 5.97 Å². The molecule has 0 fully saturated rings. The minimum Gasteiger partial charge on any atom is -0.466 e. The Labute approximate surface area is 100 Å². The van der Waals surface area contributed by atoms with Gasteiger partial charge in [-0.25, -0.2) is 4.98 Å². The minimum atomic E-state index is -0.131. The van der Waals surface area contributed by atoms with Gasteiger partial charge in [0.2, 0.25) is 0 Å². The van der Waals surface area contributed by atoms with Gasteiger partial charge in [-0.3, -0.25) is 4.79 Å². The highest BCUT2D eigenvalue weighted by Gasteiger charge is 2.05. The van der Waals surface area contributed by atoms with Crippen molar-refractivity contribution < 1.29 is 9.53 Å². The second-order valence-electron chi connectivity index (χ2n) is 3.83. The van der Waals surface area contributed by atoms with Crippen LogP contribution in [-0.2, 0) is 16.0 Å². The van der Waals surface area contributed by atoms with E-state index in [0.717, 1.165) is 24.2 Å². The smallest absolute Gasteiger partial charge is 0.305 e. The average Bonchev–Trinajstić information content (AvgIpc) is 2.73. The summed E-state index contributed by atoms with van der Waals surface area (Å²) in [5, 5.41) is 0. The van der Waals surface area contributed by atoms with Crippen LogP contribution in [0.2, 0.25) is 0 Å². The third-order valence-corrected chi connectivity index (χ3v) is 2.60. The molecule has 4 nitrogen and oxygen atoms in total. The maximum atomic E-state index is 11.2. The number of imidazole rings is 1. The first-order chi connectivity index (χ1) is 8.31. The van der Waals surface area contributed by atoms with Gasteiger partial charge < -0.3 is 9.14 Å². The highest BCUT2D eigenvalue weighted by atomic mass is 16.5. The van der Waals surface area contributed by atoms with E-state index in [9.17, 15) is 4.79 Å². The van der Waals surface area contributed by atoms with E-state index in [1.165, 1.54) is 0 Å². The molecule has 2 rings (SSSR count). The lowest BCUT2D eigenvalue weighted by molar-refractivity contribution is -0.143. The molecule has 0 aliphatic heterocycles. The number of pyridine rings is 1. The zero-order valence-corrected chi connectivity index (χ0v) is 9.93. The van der Waals surface area contributed by atoms with E-state index in [-0.39, 0.29) is 5.97 Å². The highest BCUT2D eigenvalue weighted by molar-refractivity contribution is 5.69. The Hall–Kier alpha value is -1.84. The van der Waals surface area contributed by atoms with Gasteiger partial charge in [-0.15, -0.1) is 0 Å². The van der Waals surface area contributed by atoms with Gasteiger partial charge in [-0.2, -0.15) is 0 Å². The first-order valence-corrected chi connectivity index (χ1v) is 5.88. The van der Waals surface area contributed by atoms with Crippen LogP contribution in [0.5, 0.6) is 0 Å². The van der Waals surface area contributed by atoms with Crippen molar-refractivity contribution in [1.82, 2.24) is 9.38 Å². The molecule has 0 saturated heterocycles. The molecular weight excluding hydrogens is 216 g/mol. The summed E-state index contributed by atoms with van der Waals surface area (Å²) in [5.74, 6) is 0.860. The standard InChI is InChI=1S/C13H16N2O2/c1-2-17-13(16)8-5-7-12-14-10-11-6-3-4-9-15(11)12/h3-4,6,9-10H,2,5,7-8H2,1H3. The number of rotatable bonds is 5. The van der Waals surface area contributed by atoms with Crippen molar-refractivity contribution in [2.75, 3.05) is 6.61 Å². The van der Waals surface area contributed by atoms with Gasteiger partial charge in [0.25, 0.3) is 0 Å². The lowest BCUT2D eigenvalue weighted by atomic mass is 10.2. The lowest BCUT2D eigenvalue weighted by Gasteiger charge is -2.02. The Morgan fingerprint density at radius 2 is 2.35 bits per heavy atom. The Morgan fingerprint density at radius 1 is 1.47 bits per heavy atom. The summed E-state index contributed by atoms with van der Waals surface area (Å²) in [6.45, 7) is 2.27. The van der Waals surface area contributed by atoms with Crippen LogP contribution in [0.3, 0.4) is 0 Å². The van der Waals surface area contributed by atoms with E-state index in [2.05, 4.69) is 4.98 Å². The quantitative estimate of drug-likeness (QED) is 0.742. The molecule has 2 aromatic heterocycles. The SMILES string of the molecule is CCOC(=O)CCCc1ncc2ccccn12. The number of esters is 1. The van der Waals surface area contributed by atoms with Crippen molar-refractivity contribution in [2.45, 2.75) is 26.2 Å². The summed E-state index contributed by atoms with van der Waals surface area (Å²) in [4.78, 5) is 15.5. The first kappa shape index (κ1) is 11.6. The summed E-state index contributed by atoms with van der Waals surface area (Å²) < 4.78 is 6.93. The zero-order valence-electron chi connectivity index (χ0n) is 9.93. The molecule has 0 saturated carbocycles. The molecule has 0 bridgehead atoms. The Bertz CT molecular complexity index is 505. The normalized spacial score (nSPS) is 10.6. The zero-order chi connectivity index (χ0) is 12.1. The van der Waals surface area contributed by atoms with Crippen molar-refractivity contribution in [3.8, 4) is 0 Å². The second-order valence-corrected chi connectivity index (χ2v) is 3.83. The van der Waals surface area contributed by atoms with Gasteiger partial charge in [0.05, 0.1) is 18.3 Å². The maximum absolute atomic E-state index is 11.2. The van der Waals surface area contributed by atoms with Crippen LogP contribution in [0.25, 0.3) is 5.52 Å². The van der Waals surface area contributed by atoms with Crippen LogP contribution in [0.1, 0.15) is 25.6 Å². The third-order valence-electron chi connectivity index (χ3n) is 2.60. The number of aryl methyl sites for hydroxylation is 1. The summed E-state index contributed by atoms with van der Waals surface area (Å²) >= 11 is 0. The molecule has 0 aliphatic carbocycles. The minimum absolute atomic E-state index is 0.131. The summed E-state index contributed by atoms with van der Waals surface area (Å²) in [7, 11) is 0.